The molecule has 0 aliphatic carbocycles. The van der Waals surface area contributed by atoms with Crippen LogP contribution in [0.5, 0.6) is 0 Å². The van der Waals surface area contributed by atoms with E-state index < -0.39 is 5.97 Å². The molecule has 2 unspecified atom stereocenters. The molecule has 3 nitrogen and oxygen atoms in total. The maximum absolute atomic E-state index is 11.3. The van der Waals surface area contributed by atoms with Crippen LogP contribution in [0.4, 0.5) is 0 Å². The number of carboxylic acid groups (broad SMARTS) is 1. The van der Waals surface area contributed by atoms with E-state index in [-0.39, 0.29) is 17.3 Å². The minimum Gasteiger partial charge on any atom is -0.481 e. The van der Waals surface area contributed by atoms with Crippen molar-refractivity contribution >= 4 is 5.97 Å². The molecule has 1 saturated heterocycles. The zero-order chi connectivity index (χ0) is 14.0. The Hall–Kier alpha value is -1.35. The van der Waals surface area contributed by atoms with E-state index in [0.29, 0.717) is 6.54 Å². The van der Waals surface area contributed by atoms with E-state index in [4.69, 9.17) is 0 Å². The summed E-state index contributed by atoms with van der Waals surface area (Å²) in [7, 11) is 0. The summed E-state index contributed by atoms with van der Waals surface area (Å²) >= 11 is 0. The molecule has 0 bridgehead atoms. The number of benzene rings is 1. The average Bonchev–Trinajstić information content (AvgIpc) is 2.76. The highest BCUT2D eigenvalue weighted by atomic mass is 16.4. The number of hydrogen-bond acceptors (Lipinski definition) is 2. The van der Waals surface area contributed by atoms with Gasteiger partial charge in [-0.1, -0.05) is 45.0 Å². The lowest BCUT2D eigenvalue weighted by molar-refractivity contribution is -0.141. The summed E-state index contributed by atoms with van der Waals surface area (Å²) in [6.07, 6.45) is 0.978. The van der Waals surface area contributed by atoms with Gasteiger partial charge in [-0.2, -0.15) is 0 Å². The molecule has 2 N–H and O–H groups in total. The van der Waals surface area contributed by atoms with Gasteiger partial charge < -0.3 is 10.4 Å². The molecule has 1 fully saturated rings. The van der Waals surface area contributed by atoms with Crippen molar-refractivity contribution in [1.29, 1.82) is 0 Å². The Morgan fingerprint density at radius 1 is 1.32 bits per heavy atom. The summed E-state index contributed by atoms with van der Waals surface area (Å²) in [5, 5.41) is 12.5. The van der Waals surface area contributed by atoms with E-state index in [2.05, 4.69) is 38.2 Å². The molecule has 0 aromatic heterocycles. The fourth-order valence-corrected chi connectivity index (χ4v) is 2.89. The van der Waals surface area contributed by atoms with Gasteiger partial charge in [-0.15, -0.1) is 0 Å². The monoisotopic (exact) mass is 261 g/mol. The van der Waals surface area contributed by atoms with Crippen molar-refractivity contribution < 1.29 is 9.90 Å². The number of nitrogens with one attached hydrogen (secondary N) is 1. The van der Waals surface area contributed by atoms with Crippen LogP contribution < -0.4 is 5.32 Å². The molecular weight excluding hydrogens is 238 g/mol. The van der Waals surface area contributed by atoms with Crippen molar-refractivity contribution in [2.75, 3.05) is 13.1 Å². The standard InChI is InChI=1S/C16H23NO2/c1-16(2,3)8-11-6-4-5-7-12(11)13-9-17-10-14(13)15(18)19/h4-7,13-14,17H,8-10H2,1-3H3,(H,18,19). The highest BCUT2D eigenvalue weighted by molar-refractivity contribution is 5.72. The number of carbonyl (C=O) groups is 1. The first-order valence-corrected chi connectivity index (χ1v) is 6.90. The third-order valence-electron chi connectivity index (χ3n) is 3.71. The Bertz CT molecular complexity index is 462. The van der Waals surface area contributed by atoms with E-state index in [0.717, 1.165) is 13.0 Å². The highest BCUT2D eigenvalue weighted by Crippen LogP contribution is 2.33. The van der Waals surface area contributed by atoms with Crippen LogP contribution in [-0.4, -0.2) is 24.2 Å². The molecule has 0 spiro atoms. The summed E-state index contributed by atoms with van der Waals surface area (Å²) in [5.41, 5.74) is 2.70. The van der Waals surface area contributed by atoms with Gasteiger partial charge in [0, 0.05) is 19.0 Å². The minimum absolute atomic E-state index is 0.0936. The van der Waals surface area contributed by atoms with Crippen LogP contribution in [0.25, 0.3) is 0 Å². The molecule has 1 heterocycles. The Morgan fingerprint density at radius 2 is 2.00 bits per heavy atom. The first kappa shape index (κ1) is 14.1. The molecule has 1 aromatic rings. The smallest absolute Gasteiger partial charge is 0.308 e. The molecule has 0 amide bonds. The predicted octanol–water partition coefficient (Wildman–Crippen LogP) is 2.66. The largest absolute Gasteiger partial charge is 0.481 e. The first-order chi connectivity index (χ1) is 8.88. The number of hydrogen-bond donors (Lipinski definition) is 2. The Morgan fingerprint density at radius 3 is 2.63 bits per heavy atom. The van der Waals surface area contributed by atoms with Crippen molar-refractivity contribution in [3.05, 3.63) is 35.4 Å². The van der Waals surface area contributed by atoms with Gasteiger partial charge in [0.2, 0.25) is 0 Å². The van der Waals surface area contributed by atoms with E-state index in [1.165, 1.54) is 11.1 Å². The third kappa shape index (κ3) is 3.35. The van der Waals surface area contributed by atoms with E-state index >= 15 is 0 Å². The van der Waals surface area contributed by atoms with Crippen molar-refractivity contribution in [1.82, 2.24) is 5.32 Å². The second-order valence-electron chi connectivity index (χ2n) is 6.65. The topological polar surface area (TPSA) is 49.3 Å². The molecule has 1 aromatic carbocycles. The van der Waals surface area contributed by atoms with E-state index in [1.54, 1.807) is 0 Å². The highest BCUT2D eigenvalue weighted by Gasteiger charge is 2.35. The summed E-state index contributed by atoms with van der Waals surface area (Å²) in [4.78, 5) is 11.3. The second-order valence-corrected chi connectivity index (χ2v) is 6.65. The van der Waals surface area contributed by atoms with E-state index in [1.807, 2.05) is 12.1 Å². The van der Waals surface area contributed by atoms with Gasteiger partial charge in [-0.3, -0.25) is 4.79 Å². The van der Waals surface area contributed by atoms with Crippen LogP contribution in [0.15, 0.2) is 24.3 Å². The molecule has 0 radical (unpaired) electrons. The maximum atomic E-state index is 11.3. The van der Waals surface area contributed by atoms with Gasteiger partial charge in [0.15, 0.2) is 0 Å². The van der Waals surface area contributed by atoms with Crippen molar-refractivity contribution in [2.24, 2.45) is 11.3 Å². The number of rotatable bonds is 3. The van der Waals surface area contributed by atoms with Gasteiger partial charge in [0.05, 0.1) is 5.92 Å². The molecule has 2 rings (SSSR count). The zero-order valence-electron chi connectivity index (χ0n) is 11.9. The van der Waals surface area contributed by atoms with Gasteiger partial charge >= 0.3 is 5.97 Å². The van der Waals surface area contributed by atoms with Gasteiger partial charge in [-0.05, 0) is 23.0 Å². The number of aliphatic carboxylic acids is 1. The summed E-state index contributed by atoms with van der Waals surface area (Å²) in [6.45, 7) is 7.98. The van der Waals surface area contributed by atoms with Gasteiger partial charge in [0.25, 0.3) is 0 Å². The fraction of sp³-hybridized carbons (Fsp3) is 0.562. The lowest BCUT2D eigenvalue weighted by Gasteiger charge is -2.24. The van der Waals surface area contributed by atoms with Gasteiger partial charge in [0.1, 0.15) is 0 Å². The Labute approximate surface area is 115 Å². The van der Waals surface area contributed by atoms with Crippen LogP contribution in [0.3, 0.4) is 0 Å². The van der Waals surface area contributed by atoms with Crippen LogP contribution in [0.1, 0.15) is 37.8 Å². The van der Waals surface area contributed by atoms with Gasteiger partial charge in [-0.25, -0.2) is 0 Å². The normalized spacial score (nSPS) is 23.5. The molecule has 1 aliphatic heterocycles. The Kier molecular flexibility index (Phi) is 3.95. The van der Waals surface area contributed by atoms with Crippen LogP contribution in [0, 0.1) is 11.3 Å². The predicted molar refractivity (Wildman–Crippen MR) is 76.3 cm³/mol. The second kappa shape index (κ2) is 5.33. The molecule has 1 aliphatic rings. The van der Waals surface area contributed by atoms with Crippen molar-refractivity contribution in [3.8, 4) is 0 Å². The quantitative estimate of drug-likeness (QED) is 0.879. The SMILES string of the molecule is CC(C)(C)Cc1ccccc1C1CNCC1C(=O)O. The average molecular weight is 261 g/mol. The molecule has 0 saturated carbocycles. The molecule has 2 atom stereocenters. The fourth-order valence-electron chi connectivity index (χ4n) is 2.89. The molecule has 3 heteroatoms. The summed E-state index contributed by atoms with van der Waals surface area (Å²) < 4.78 is 0. The first-order valence-electron chi connectivity index (χ1n) is 6.90. The molecule has 104 valence electrons. The lowest BCUT2D eigenvalue weighted by Crippen LogP contribution is -2.22. The third-order valence-corrected chi connectivity index (χ3v) is 3.71. The maximum Gasteiger partial charge on any atom is 0.308 e. The van der Waals surface area contributed by atoms with Crippen LogP contribution >= 0.6 is 0 Å². The van der Waals surface area contributed by atoms with Crippen LogP contribution in [0.2, 0.25) is 0 Å². The molecular formula is C16H23NO2. The minimum atomic E-state index is -0.694. The Balaban J connectivity index is 2.31. The van der Waals surface area contributed by atoms with E-state index in [9.17, 15) is 9.90 Å². The zero-order valence-corrected chi connectivity index (χ0v) is 11.9. The van der Waals surface area contributed by atoms with Crippen LogP contribution in [-0.2, 0) is 11.2 Å². The van der Waals surface area contributed by atoms with Crippen molar-refractivity contribution in [3.63, 3.8) is 0 Å². The lowest BCUT2D eigenvalue weighted by atomic mass is 9.80. The molecule has 19 heavy (non-hydrogen) atoms. The number of carboxylic acids is 1. The van der Waals surface area contributed by atoms with Crippen molar-refractivity contribution in [2.45, 2.75) is 33.1 Å². The summed E-state index contributed by atoms with van der Waals surface area (Å²) in [6, 6.07) is 8.29. The summed E-state index contributed by atoms with van der Waals surface area (Å²) in [5.74, 6) is -0.905.